The Balaban J connectivity index is 1.82. The number of nitrogens with one attached hydrogen (secondary N) is 2. The Morgan fingerprint density at radius 1 is 1.00 bits per heavy atom. The zero-order valence-corrected chi connectivity index (χ0v) is 16.5. The standard InChI is InChI=1S/C21H34N4O2/c1-21(19(20(26)27)15-18-5-3-2-4-6-18)16-24-11-9-22-7-8-23-10-12-25(17-21)14-13-24/h2-6,19,22-23H,7-17H2,1H3,(H,26,27). The Bertz CT molecular complexity index is 575. The van der Waals surface area contributed by atoms with Crippen LogP contribution in [0.4, 0.5) is 0 Å². The Morgan fingerprint density at radius 2 is 1.56 bits per heavy atom. The molecule has 3 rings (SSSR count). The van der Waals surface area contributed by atoms with Gasteiger partial charge in [0.2, 0.25) is 0 Å². The fourth-order valence-corrected chi connectivity index (χ4v) is 4.50. The Morgan fingerprint density at radius 3 is 2.07 bits per heavy atom. The average molecular weight is 375 g/mol. The van der Waals surface area contributed by atoms with Crippen molar-refractivity contribution in [3.8, 4) is 0 Å². The van der Waals surface area contributed by atoms with Crippen LogP contribution in [0.1, 0.15) is 12.5 Å². The van der Waals surface area contributed by atoms with Crippen LogP contribution in [-0.2, 0) is 11.2 Å². The summed E-state index contributed by atoms with van der Waals surface area (Å²) in [5.74, 6) is -1.07. The largest absolute Gasteiger partial charge is 0.481 e. The van der Waals surface area contributed by atoms with Gasteiger partial charge < -0.3 is 25.5 Å². The van der Waals surface area contributed by atoms with Crippen molar-refractivity contribution in [2.45, 2.75) is 13.3 Å². The number of aliphatic carboxylic acids is 1. The highest BCUT2D eigenvalue weighted by Crippen LogP contribution is 2.34. The first-order valence-corrected chi connectivity index (χ1v) is 10.2. The molecule has 2 bridgehead atoms. The molecule has 2 heterocycles. The molecule has 0 saturated carbocycles. The number of hydrogen-bond acceptors (Lipinski definition) is 5. The first-order valence-electron chi connectivity index (χ1n) is 10.2. The summed E-state index contributed by atoms with van der Waals surface area (Å²) in [6.07, 6.45) is 0.588. The molecule has 0 aliphatic carbocycles. The minimum absolute atomic E-state index is 0.285. The Labute approximate surface area is 162 Å². The lowest BCUT2D eigenvalue weighted by Gasteiger charge is -2.39. The second kappa shape index (κ2) is 9.64. The lowest BCUT2D eigenvalue weighted by molar-refractivity contribution is -0.147. The van der Waals surface area contributed by atoms with E-state index in [-0.39, 0.29) is 5.41 Å². The van der Waals surface area contributed by atoms with Gasteiger partial charge in [0.15, 0.2) is 0 Å². The van der Waals surface area contributed by atoms with Gasteiger partial charge in [-0.05, 0) is 12.0 Å². The number of fused-ring (bicyclic) bond motifs is 3. The van der Waals surface area contributed by atoms with Crippen LogP contribution in [0.2, 0.25) is 0 Å². The van der Waals surface area contributed by atoms with Crippen LogP contribution in [0.3, 0.4) is 0 Å². The molecule has 1 aromatic rings. The fourth-order valence-electron chi connectivity index (χ4n) is 4.50. The molecule has 3 atom stereocenters. The predicted molar refractivity (Wildman–Crippen MR) is 108 cm³/mol. The Kier molecular flexibility index (Phi) is 7.24. The van der Waals surface area contributed by atoms with Crippen LogP contribution in [0, 0.1) is 11.3 Å². The molecule has 2 aliphatic heterocycles. The van der Waals surface area contributed by atoms with Crippen molar-refractivity contribution >= 4 is 5.97 Å². The molecule has 3 unspecified atom stereocenters. The summed E-state index contributed by atoms with van der Waals surface area (Å²) in [7, 11) is 0. The molecular formula is C21H34N4O2. The second-order valence-corrected chi connectivity index (χ2v) is 8.29. The topological polar surface area (TPSA) is 67.8 Å². The van der Waals surface area contributed by atoms with Crippen molar-refractivity contribution in [2.75, 3.05) is 65.4 Å². The first-order chi connectivity index (χ1) is 13.1. The molecule has 2 saturated heterocycles. The number of carboxylic acids is 1. The molecule has 6 nitrogen and oxygen atoms in total. The molecule has 2 aliphatic rings. The summed E-state index contributed by atoms with van der Waals surface area (Å²) in [4.78, 5) is 17.2. The van der Waals surface area contributed by atoms with E-state index in [0.29, 0.717) is 6.42 Å². The first kappa shape index (κ1) is 20.3. The van der Waals surface area contributed by atoms with E-state index in [0.717, 1.165) is 71.0 Å². The van der Waals surface area contributed by atoms with Gasteiger partial charge in [-0.1, -0.05) is 37.3 Å². The van der Waals surface area contributed by atoms with Crippen molar-refractivity contribution in [2.24, 2.45) is 11.3 Å². The van der Waals surface area contributed by atoms with Gasteiger partial charge in [0.1, 0.15) is 0 Å². The van der Waals surface area contributed by atoms with Crippen LogP contribution in [-0.4, -0.2) is 86.3 Å². The van der Waals surface area contributed by atoms with E-state index in [1.807, 2.05) is 30.3 Å². The van der Waals surface area contributed by atoms with Crippen molar-refractivity contribution < 1.29 is 9.90 Å². The number of hydrogen-bond donors (Lipinski definition) is 3. The smallest absolute Gasteiger partial charge is 0.307 e. The maximum atomic E-state index is 12.3. The van der Waals surface area contributed by atoms with Gasteiger partial charge >= 0.3 is 5.97 Å². The van der Waals surface area contributed by atoms with Crippen LogP contribution >= 0.6 is 0 Å². The van der Waals surface area contributed by atoms with E-state index in [9.17, 15) is 9.90 Å². The van der Waals surface area contributed by atoms with Crippen LogP contribution in [0.15, 0.2) is 30.3 Å². The van der Waals surface area contributed by atoms with E-state index in [1.165, 1.54) is 0 Å². The van der Waals surface area contributed by atoms with Gasteiger partial charge in [0, 0.05) is 70.9 Å². The number of benzene rings is 1. The third-order valence-corrected chi connectivity index (χ3v) is 6.01. The van der Waals surface area contributed by atoms with E-state index < -0.39 is 11.9 Å². The number of carboxylic acid groups (broad SMARTS) is 1. The summed E-state index contributed by atoms with van der Waals surface area (Å²) in [6, 6.07) is 10.1. The maximum Gasteiger partial charge on any atom is 0.307 e. The fraction of sp³-hybridized carbons (Fsp3) is 0.667. The molecular weight excluding hydrogens is 340 g/mol. The zero-order valence-electron chi connectivity index (χ0n) is 16.5. The molecule has 1 aromatic carbocycles. The average Bonchev–Trinajstić information content (AvgIpc) is 2.79. The van der Waals surface area contributed by atoms with Gasteiger partial charge in [0.25, 0.3) is 0 Å². The zero-order chi connectivity index (χ0) is 19.1. The number of carbonyl (C=O) groups is 1. The van der Waals surface area contributed by atoms with Crippen molar-refractivity contribution in [1.29, 1.82) is 0 Å². The molecule has 150 valence electrons. The minimum Gasteiger partial charge on any atom is -0.481 e. The molecule has 0 amide bonds. The minimum atomic E-state index is -0.677. The van der Waals surface area contributed by atoms with Gasteiger partial charge in [-0.3, -0.25) is 4.79 Å². The third-order valence-electron chi connectivity index (χ3n) is 6.01. The van der Waals surface area contributed by atoms with E-state index in [4.69, 9.17) is 0 Å². The number of rotatable bonds is 4. The quantitative estimate of drug-likeness (QED) is 0.723. The molecule has 2 fully saturated rings. The molecule has 6 heteroatoms. The summed E-state index contributed by atoms with van der Waals surface area (Å²) < 4.78 is 0. The van der Waals surface area contributed by atoms with E-state index >= 15 is 0 Å². The summed E-state index contributed by atoms with van der Waals surface area (Å²) >= 11 is 0. The highest BCUT2D eigenvalue weighted by molar-refractivity contribution is 5.71. The lowest BCUT2D eigenvalue weighted by atomic mass is 9.73. The normalized spacial score (nSPS) is 31.3. The van der Waals surface area contributed by atoms with E-state index in [2.05, 4.69) is 27.4 Å². The predicted octanol–water partition coefficient (Wildman–Crippen LogP) is 0.747. The molecule has 0 radical (unpaired) electrons. The van der Waals surface area contributed by atoms with Crippen molar-refractivity contribution in [3.63, 3.8) is 0 Å². The maximum absolute atomic E-state index is 12.3. The van der Waals surface area contributed by atoms with Crippen molar-refractivity contribution in [1.82, 2.24) is 20.4 Å². The summed E-state index contributed by atoms with van der Waals surface area (Å²) in [6.45, 7) is 11.7. The van der Waals surface area contributed by atoms with Crippen LogP contribution in [0.25, 0.3) is 0 Å². The summed E-state index contributed by atoms with van der Waals surface area (Å²) in [5.41, 5.74) is 0.821. The highest BCUT2D eigenvalue weighted by atomic mass is 16.4. The third kappa shape index (κ3) is 5.75. The summed E-state index contributed by atoms with van der Waals surface area (Å²) in [5, 5.41) is 17.1. The van der Waals surface area contributed by atoms with E-state index in [1.54, 1.807) is 0 Å². The van der Waals surface area contributed by atoms with Crippen molar-refractivity contribution in [3.05, 3.63) is 35.9 Å². The Hall–Kier alpha value is -1.47. The second-order valence-electron chi connectivity index (χ2n) is 8.29. The van der Waals surface area contributed by atoms with Gasteiger partial charge in [-0.25, -0.2) is 0 Å². The number of nitrogens with zero attached hydrogens (tertiary/aromatic N) is 2. The molecule has 0 spiro atoms. The van der Waals surface area contributed by atoms with Gasteiger partial charge in [-0.2, -0.15) is 0 Å². The van der Waals surface area contributed by atoms with Gasteiger partial charge in [-0.15, -0.1) is 0 Å². The monoisotopic (exact) mass is 374 g/mol. The molecule has 27 heavy (non-hydrogen) atoms. The highest BCUT2D eigenvalue weighted by Gasteiger charge is 2.43. The SMILES string of the molecule is CC1(C(Cc2ccccc2)C(=O)O)CN2CCNCCNCCN(CC2)C1. The molecule has 3 N–H and O–H groups in total. The van der Waals surface area contributed by atoms with Crippen LogP contribution in [0.5, 0.6) is 0 Å². The van der Waals surface area contributed by atoms with Gasteiger partial charge in [0.05, 0.1) is 5.92 Å². The molecule has 0 aromatic heterocycles. The van der Waals surface area contributed by atoms with Crippen LogP contribution < -0.4 is 10.6 Å². The lowest BCUT2D eigenvalue weighted by Crippen LogP contribution is -2.48.